The lowest BCUT2D eigenvalue weighted by Crippen LogP contribution is -2.49. The Kier molecular flexibility index (Phi) is 6.54. The highest BCUT2D eigenvalue weighted by molar-refractivity contribution is 5.95. The number of Topliss-reactive ketones (excluding diaryl/α,β-unsaturated/α-hetero) is 1. The molecule has 3 rings (SSSR count). The predicted molar refractivity (Wildman–Crippen MR) is 115 cm³/mol. The third-order valence-electron chi connectivity index (χ3n) is 5.17. The number of carbonyl (C=O) groups is 2. The summed E-state index contributed by atoms with van der Waals surface area (Å²) in [6.07, 6.45) is 0.515. The van der Waals surface area contributed by atoms with Gasteiger partial charge in [0.05, 0.1) is 7.11 Å². The van der Waals surface area contributed by atoms with Gasteiger partial charge in [0.15, 0.2) is 11.5 Å². The molecule has 1 N–H and O–H groups in total. The van der Waals surface area contributed by atoms with Gasteiger partial charge in [-0.1, -0.05) is 13.8 Å². The second-order valence-electron chi connectivity index (χ2n) is 7.88. The smallest absolute Gasteiger partial charge is 0.276 e. The van der Waals surface area contributed by atoms with Crippen LogP contribution in [0.5, 0.6) is 5.88 Å². The number of amides is 1. The van der Waals surface area contributed by atoms with Crippen LogP contribution in [-0.2, 0) is 6.42 Å². The van der Waals surface area contributed by atoms with E-state index in [1.54, 1.807) is 11.8 Å². The van der Waals surface area contributed by atoms with Crippen LogP contribution in [0.4, 0.5) is 5.69 Å². The summed E-state index contributed by atoms with van der Waals surface area (Å²) in [6, 6.07) is 7.47. The van der Waals surface area contributed by atoms with Gasteiger partial charge in [0, 0.05) is 37.4 Å². The molecule has 0 spiro atoms. The molecule has 1 aromatic heterocycles. The van der Waals surface area contributed by atoms with Crippen molar-refractivity contribution in [2.75, 3.05) is 38.2 Å². The van der Waals surface area contributed by atoms with Crippen LogP contribution in [0.25, 0.3) is 0 Å². The largest absolute Gasteiger partial charge is 0.479 e. The van der Waals surface area contributed by atoms with E-state index < -0.39 is 0 Å². The summed E-state index contributed by atoms with van der Waals surface area (Å²) < 4.78 is 5.29. The van der Waals surface area contributed by atoms with Gasteiger partial charge in [-0.15, -0.1) is 0 Å². The monoisotopic (exact) mass is 412 g/mol. The van der Waals surface area contributed by atoms with Crippen LogP contribution < -0.4 is 15.2 Å². The summed E-state index contributed by atoms with van der Waals surface area (Å²) in [7, 11) is 1.44. The Labute approximate surface area is 175 Å². The Hall–Kier alpha value is -3.16. The van der Waals surface area contributed by atoms with Gasteiger partial charge in [-0.25, -0.2) is 4.98 Å². The van der Waals surface area contributed by atoms with Gasteiger partial charge < -0.3 is 19.5 Å². The van der Waals surface area contributed by atoms with E-state index in [2.05, 4.69) is 14.9 Å². The molecule has 0 saturated carbocycles. The molecule has 0 bridgehead atoms. The van der Waals surface area contributed by atoms with E-state index >= 15 is 0 Å². The lowest BCUT2D eigenvalue weighted by Gasteiger charge is -2.36. The Morgan fingerprint density at radius 2 is 1.77 bits per heavy atom. The van der Waals surface area contributed by atoms with Crippen LogP contribution >= 0.6 is 0 Å². The number of aromatic amines is 1. The first-order valence-electron chi connectivity index (χ1n) is 10.1. The zero-order chi connectivity index (χ0) is 21.8. The highest BCUT2D eigenvalue weighted by atomic mass is 16.5. The van der Waals surface area contributed by atoms with Crippen LogP contribution in [0.1, 0.15) is 47.3 Å². The van der Waals surface area contributed by atoms with Crippen molar-refractivity contribution in [3.05, 3.63) is 51.6 Å². The molecule has 160 valence electrons. The van der Waals surface area contributed by atoms with E-state index in [0.717, 1.165) is 5.69 Å². The number of ether oxygens (including phenoxy) is 1. The van der Waals surface area contributed by atoms with Gasteiger partial charge in [0.2, 0.25) is 5.88 Å². The van der Waals surface area contributed by atoms with Gasteiger partial charge in [-0.2, -0.15) is 0 Å². The van der Waals surface area contributed by atoms with Gasteiger partial charge >= 0.3 is 0 Å². The van der Waals surface area contributed by atoms with Gasteiger partial charge in [0.25, 0.3) is 11.5 Å². The number of carbonyl (C=O) groups excluding carboxylic acids is 2. The third-order valence-corrected chi connectivity index (χ3v) is 5.17. The third kappa shape index (κ3) is 4.69. The average Bonchev–Trinajstić information content (AvgIpc) is 2.74. The molecule has 30 heavy (non-hydrogen) atoms. The zero-order valence-corrected chi connectivity index (χ0v) is 17.9. The number of anilines is 1. The van der Waals surface area contributed by atoms with Crippen molar-refractivity contribution in [2.45, 2.75) is 27.2 Å². The molecule has 0 aliphatic carbocycles. The Balaban J connectivity index is 1.71. The molecule has 1 aliphatic rings. The number of H-pyrrole nitrogens is 1. The first-order valence-corrected chi connectivity index (χ1v) is 10.1. The number of methoxy groups -OCH3 is 1. The van der Waals surface area contributed by atoms with Crippen LogP contribution in [-0.4, -0.2) is 59.8 Å². The van der Waals surface area contributed by atoms with Crippen LogP contribution in [0.2, 0.25) is 0 Å². The molecular formula is C22H28N4O4. The van der Waals surface area contributed by atoms with E-state index in [1.807, 2.05) is 38.1 Å². The first kappa shape index (κ1) is 21.5. The Morgan fingerprint density at radius 3 is 2.30 bits per heavy atom. The maximum absolute atomic E-state index is 13.0. The quantitative estimate of drug-likeness (QED) is 0.731. The van der Waals surface area contributed by atoms with E-state index in [4.69, 9.17) is 4.74 Å². The van der Waals surface area contributed by atoms with Crippen LogP contribution in [0.3, 0.4) is 0 Å². The van der Waals surface area contributed by atoms with E-state index in [9.17, 15) is 14.4 Å². The molecule has 1 aromatic carbocycles. The number of benzene rings is 1. The molecule has 2 aromatic rings. The van der Waals surface area contributed by atoms with Crippen molar-refractivity contribution in [3.63, 3.8) is 0 Å². The minimum absolute atomic E-state index is 0.0351. The summed E-state index contributed by atoms with van der Waals surface area (Å²) in [5.74, 6) is 0.159. The van der Waals surface area contributed by atoms with Crippen molar-refractivity contribution in [1.29, 1.82) is 0 Å². The summed E-state index contributed by atoms with van der Waals surface area (Å²) in [6.45, 7) is 7.85. The number of hydrogen-bond acceptors (Lipinski definition) is 6. The fraction of sp³-hybridized carbons (Fsp3) is 0.455. The number of ketones is 1. The molecule has 1 amide bonds. The Morgan fingerprint density at radius 1 is 1.13 bits per heavy atom. The maximum atomic E-state index is 13.0. The molecule has 0 radical (unpaired) electrons. The van der Waals surface area contributed by atoms with Crippen molar-refractivity contribution in [1.82, 2.24) is 14.9 Å². The topological polar surface area (TPSA) is 95.6 Å². The summed E-state index contributed by atoms with van der Waals surface area (Å²) in [4.78, 5) is 47.6. The van der Waals surface area contributed by atoms with Crippen molar-refractivity contribution < 1.29 is 14.3 Å². The fourth-order valence-electron chi connectivity index (χ4n) is 3.52. The Bertz CT molecular complexity index is 974. The SMILES string of the molecule is COc1nc(CC(C)C)c(=O)[nH]c1C(=O)N1CCN(c2ccc(C(C)=O)cc2)CC1. The summed E-state index contributed by atoms with van der Waals surface area (Å²) in [5, 5.41) is 0. The number of piperazine rings is 1. The van der Waals surface area contributed by atoms with Gasteiger partial charge in [-0.3, -0.25) is 14.4 Å². The van der Waals surface area contributed by atoms with Gasteiger partial charge in [0.1, 0.15) is 5.69 Å². The minimum Gasteiger partial charge on any atom is -0.479 e. The molecule has 1 saturated heterocycles. The lowest BCUT2D eigenvalue weighted by molar-refractivity contribution is 0.0735. The van der Waals surface area contributed by atoms with Crippen LogP contribution in [0.15, 0.2) is 29.1 Å². The molecule has 0 unspecified atom stereocenters. The second-order valence-corrected chi connectivity index (χ2v) is 7.88. The molecule has 1 aliphatic heterocycles. The van der Waals surface area contributed by atoms with Crippen molar-refractivity contribution in [2.24, 2.45) is 5.92 Å². The molecule has 2 heterocycles. The number of hydrogen-bond donors (Lipinski definition) is 1. The lowest BCUT2D eigenvalue weighted by atomic mass is 10.1. The molecule has 8 nitrogen and oxygen atoms in total. The number of nitrogens with one attached hydrogen (secondary N) is 1. The normalized spacial score (nSPS) is 14.2. The van der Waals surface area contributed by atoms with E-state index in [1.165, 1.54) is 7.11 Å². The average molecular weight is 412 g/mol. The van der Waals surface area contributed by atoms with E-state index in [-0.39, 0.29) is 34.7 Å². The summed E-state index contributed by atoms with van der Waals surface area (Å²) in [5.41, 5.74) is 1.80. The number of aromatic nitrogens is 2. The van der Waals surface area contributed by atoms with Crippen LogP contribution in [0, 0.1) is 5.92 Å². The zero-order valence-electron chi connectivity index (χ0n) is 17.9. The molecule has 0 atom stereocenters. The van der Waals surface area contributed by atoms with E-state index in [0.29, 0.717) is 43.9 Å². The highest BCUT2D eigenvalue weighted by Gasteiger charge is 2.27. The molecule has 8 heteroatoms. The van der Waals surface area contributed by atoms with Crippen molar-refractivity contribution >= 4 is 17.4 Å². The second kappa shape index (κ2) is 9.11. The maximum Gasteiger partial charge on any atom is 0.276 e. The summed E-state index contributed by atoms with van der Waals surface area (Å²) >= 11 is 0. The predicted octanol–water partition coefficient (Wildman–Crippen LogP) is 2.14. The standard InChI is InChI=1S/C22H28N4O4/c1-14(2)13-18-20(28)24-19(21(23-18)30-4)22(29)26-11-9-25(10-12-26)17-7-5-16(6-8-17)15(3)27/h5-8,14H,9-13H2,1-4H3,(H,24,28). The molecule has 1 fully saturated rings. The first-order chi connectivity index (χ1) is 14.3. The number of nitrogens with zero attached hydrogens (tertiary/aromatic N) is 3. The highest BCUT2D eigenvalue weighted by Crippen LogP contribution is 2.20. The van der Waals surface area contributed by atoms with Gasteiger partial charge in [-0.05, 0) is 43.5 Å². The fourth-order valence-corrected chi connectivity index (χ4v) is 3.52. The minimum atomic E-state index is -0.350. The van der Waals surface area contributed by atoms with Crippen molar-refractivity contribution in [3.8, 4) is 5.88 Å². The molecular weight excluding hydrogens is 384 g/mol. The number of rotatable bonds is 6.